The van der Waals surface area contributed by atoms with Crippen LogP contribution in [0.4, 0.5) is 5.69 Å². The van der Waals surface area contributed by atoms with Gasteiger partial charge in [0.2, 0.25) is 0 Å². The third-order valence-electron chi connectivity index (χ3n) is 3.57. The minimum Gasteiger partial charge on any atom is -0.351 e. The van der Waals surface area contributed by atoms with Gasteiger partial charge in [-0.3, -0.25) is 0 Å². The van der Waals surface area contributed by atoms with Gasteiger partial charge in [0.25, 0.3) is 0 Å². The topological polar surface area (TPSA) is 3.24 Å². The predicted molar refractivity (Wildman–Crippen MR) is 76.2 cm³/mol. The van der Waals surface area contributed by atoms with E-state index >= 15 is 0 Å². The summed E-state index contributed by atoms with van der Waals surface area (Å²) >= 11 is 0. The van der Waals surface area contributed by atoms with Gasteiger partial charge in [-0.25, -0.2) is 0 Å². The molecule has 0 bridgehead atoms. The monoisotopic (exact) mass is 227 g/mol. The van der Waals surface area contributed by atoms with Crippen LogP contribution in [0, 0.1) is 0 Å². The van der Waals surface area contributed by atoms with E-state index in [0.29, 0.717) is 0 Å². The number of fused-ring (bicyclic) bond motifs is 1. The normalized spacial score (nSPS) is 14.6. The van der Waals surface area contributed by atoms with Crippen molar-refractivity contribution < 1.29 is 0 Å². The van der Waals surface area contributed by atoms with Crippen LogP contribution in [-0.4, -0.2) is 7.05 Å². The Morgan fingerprint density at radius 3 is 2.76 bits per heavy atom. The van der Waals surface area contributed by atoms with Gasteiger partial charge in [0.15, 0.2) is 0 Å². The molecule has 0 radical (unpaired) electrons. The predicted octanol–water partition coefficient (Wildman–Crippen LogP) is 4.40. The summed E-state index contributed by atoms with van der Waals surface area (Å²) in [6, 6.07) is 6.78. The van der Waals surface area contributed by atoms with E-state index in [1.54, 1.807) is 0 Å². The highest BCUT2D eigenvalue weighted by Gasteiger charge is 2.15. The molecule has 1 heteroatoms. The molecule has 90 valence electrons. The van der Waals surface area contributed by atoms with Crippen LogP contribution in [0.15, 0.2) is 36.0 Å². The molecule has 0 amide bonds. The number of benzene rings is 1. The first-order valence-electron chi connectivity index (χ1n) is 6.32. The Morgan fingerprint density at radius 2 is 2.06 bits per heavy atom. The van der Waals surface area contributed by atoms with Crippen molar-refractivity contribution in [2.75, 3.05) is 11.9 Å². The summed E-state index contributed by atoms with van der Waals surface area (Å²) in [6.07, 6.45) is 6.52. The number of hydrogen-bond acceptors (Lipinski definition) is 1. The van der Waals surface area contributed by atoms with Crippen molar-refractivity contribution in [2.24, 2.45) is 0 Å². The highest BCUT2D eigenvalue weighted by molar-refractivity contribution is 5.77. The number of hydrogen-bond donors (Lipinski definition) is 0. The molecule has 0 saturated heterocycles. The fraction of sp³-hybridized carbons (Fsp3) is 0.375. The smallest absolute Gasteiger partial charge is 0.0409 e. The number of allylic oxidation sites excluding steroid dienone is 3. The first-order valence-corrected chi connectivity index (χ1v) is 6.32. The van der Waals surface area contributed by atoms with Gasteiger partial charge < -0.3 is 4.90 Å². The maximum Gasteiger partial charge on any atom is 0.0409 e. The lowest BCUT2D eigenvalue weighted by molar-refractivity contribution is 1.14. The van der Waals surface area contributed by atoms with Crippen molar-refractivity contribution in [3.63, 3.8) is 0 Å². The zero-order valence-electron chi connectivity index (χ0n) is 11.2. The van der Waals surface area contributed by atoms with Crippen LogP contribution < -0.4 is 4.90 Å². The Labute approximate surface area is 104 Å². The van der Waals surface area contributed by atoms with Gasteiger partial charge >= 0.3 is 0 Å². The van der Waals surface area contributed by atoms with Crippen molar-refractivity contribution >= 4 is 11.3 Å². The van der Waals surface area contributed by atoms with Gasteiger partial charge in [0.05, 0.1) is 0 Å². The van der Waals surface area contributed by atoms with E-state index in [1.807, 2.05) is 0 Å². The van der Waals surface area contributed by atoms with E-state index in [9.17, 15) is 0 Å². The third kappa shape index (κ3) is 2.28. The molecule has 0 atom stereocenters. The van der Waals surface area contributed by atoms with Crippen LogP contribution >= 0.6 is 0 Å². The fourth-order valence-corrected chi connectivity index (χ4v) is 2.28. The van der Waals surface area contributed by atoms with Gasteiger partial charge in [-0.2, -0.15) is 0 Å². The Morgan fingerprint density at radius 1 is 1.29 bits per heavy atom. The Balaban J connectivity index is 2.31. The standard InChI is InChI=1S/C16H21N/c1-5-6-9-17(4)15-8-7-14-10-12(2)13(3)16(14)11-15/h6-9,11H,5,10H2,1-4H3/b9-6+. The highest BCUT2D eigenvalue weighted by atomic mass is 15.1. The SMILES string of the molecule is CC/C=C/N(C)c1ccc2c(c1)C(C)=C(C)C2. The van der Waals surface area contributed by atoms with Crippen LogP contribution in [0.5, 0.6) is 0 Å². The van der Waals surface area contributed by atoms with Crippen molar-refractivity contribution in [1.29, 1.82) is 0 Å². The van der Waals surface area contributed by atoms with Gasteiger partial charge in [-0.15, -0.1) is 0 Å². The lowest BCUT2D eigenvalue weighted by atomic mass is 10.1. The molecule has 1 aliphatic rings. The number of anilines is 1. The van der Waals surface area contributed by atoms with Crippen molar-refractivity contribution in [3.8, 4) is 0 Å². The lowest BCUT2D eigenvalue weighted by Gasteiger charge is -2.16. The number of nitrogens with zero attached hydrogens (tertiary/aromatic N) is 1. The van der Waals surface area contributed by atoms with Gasteiger partial charge in [-0.05, 0) is 61.7 Å². The molecule has 0 aliphatic heterocycles. The fourth-order valence-electron chi connectivity index (χ4n) is 2.28. The maximum atomic E-state index is 2.31. The van der Waals surface area contributed by atoms with Crippen LogP contribution in [0.2, 0.25) is 0 Å². The minimum atomic E-state index is 1.08. The van der Waals surface area contributed by atoms with Crippen LogP contribution in [0.1, 0.15) is 38.3 Å². The first kappa shape index (κ1) is 12.0. The average molecular weight is 227 g/mol. The number of rotatable bonds is 3. The van der Waals surface area contributed by atoms with Crippen molar-refractivity contribution in [2.45, 2.75) is 33.6 Å². The summed E-state index contributed by atoms with van der Waals surface area (Å²) in [6.45, 7) is 6.62. The summed E-state index contributed by atoms with van der Waals surface area (Å²) in [7, 11) is 2.11. The Hall–Kier alpha value is -1.50. The van der Waals surface area contributed by atoms with Gasteiger partial charge in [0, 0.05) is 12.7 Å². The first-order chi connectivity index (χ1) is 8.13. The van der Waals surface area contributed by atoms with Crippen molar-refractivity contribution in [1.82, 2.24) is 0 Å². The van der Waals surface area contributed by atoms with E-state index in [0.717, 1.165) is 12.8 Å². The second kappa shape index (κ2) is 4.79. The summed E-state index contributed by atoms with van der Waals surface area (Å²) in [5.41, 5.74) is 7.12. The molecular weight excluding hydrogens is 206 g/mol. The zero-order valence-corrected chi connectivity index (χ0v) is 11.2. The summed E-state index contributed by atoms with van der Waals surface area (Å²) in [4.78, 5) is 2.19. The zero-order chi connectivity index (χ0) is 12.4. The molecule has 1 nitrogen and oxygen atoms in total. The van der Waals surface area contributed by atoms with Crippen LogP contribution in [-0.2, 0) is 6.42 Å². The van der Waals surface area contributed by atoms with E-state index < -0.39 is 0 Å². The summed E-state index contributed by atoms with van der Waals surface area (Å²) in [5, 5.41) is 0. The molecule has 0 spiro atoms. The molecule has 1 aromatic carbocycles. The Bertz CT molecular complexity index is 480. The van der Waals surface area contributed by atoms with E-state index in [-0.39, 0.29) is 0 Å². The van der Waals surface area contributed by atoms with Gasteiger partial charge in [0.1, 0.15) is 0 Å². The molecule has 0 N–H and O–H groups in total. The minimum absolute atomic E-state index is 1.08. The molecular formula is C16H21N. The summed E-state index contributed by atoms with van der Waals surface area (Å²) < 4.78 is 0. The lowest BCUT2D eigenvalue weighted by Crippen LogP contribution is -2.08. The third-order valence-corrected chi connectivity index (χ3v) is 3.57. The molecule has 0 aromatic heterocycles. The van der Waals surface area contributed by atoms with E-state index in [4.69, 9.17) is 0 Å². The maximum absolute atomic E-state index is 2.31. The quantitative estimate of drug-likeness (QED) is 0.740. The highest BCUT2D eigenvalue weighted by Crippen LogP contribution is 2.34. The van der Waals surface area contributed by atoms with E-state index in [2.05, 4.69) is 63.2 Å². The largest absolute Gasteiger partial charge is 0.351 e. The second-order valence-corrected chi connectivity index (χ2v) is 4.83. The molecule has 17 heavy (non-hydrogen) atoms. The van der Waals surface area contributed by atoms with Gasteiger partial charge in [-0.1, -0.05) is 24.6 Å². The van der Waals surface area contributed by atoms with E-state index in [1.165, 1.54) is 28.0 Å². The molecule has 0 saturated carbocycles. The Kier molecular flexibility index (Phi) is 3.37. The molecule has 0 heterocycles. The molecule has 0 unspecified atom stereocenters. The van der Waals surface area contributed by atoms with Crippen molar-refractivity contribution in [3.05, 3.63) is 47.2 Å². The van der Waals surface area contributed by atoms with Crippen LogP contribution in [0.25, 0.3) is 5.57 Å². The summed E-state index contributed by atoms with van der Waals surface area (Å²) in [5.74, 6) is 0. The molecule has 0 fully saturated rings. The molecule has 1 aromatic rings. The van der Waals surface area contributed by atoms with Crippen LogP contribution in [0.3, 0.4) is 0 Å². The molecule has 1 aliphatic carbocycles. The molecule has 2 rings (SSSR count). The average Bonchev–Trinajstić information content (AvgIpc) is 2.62. The second-order valence-electron chi connectivity index (χ2n) is 4.83.